The normalized spacial score (nSPS) is 11.3. The Labute approximate surface area is 242 Å². The lowest BCUT2D eigenvalue weighted by atomic mass is 10.2. The molecule has 0 atom stereocenters. The molecule has 1 amide bonds. The molecular weight excluding hydrogens is 573 g/mol. The molecule has 0 aromatic heterocycles. The van der Waals surface area contributed by atoms with Crippen LogP contribution in [-0.4, -0.2) is 27.1 Å². The summed E-state index contributed by atoms with van der Waals surface area (Å²) in [6.45, 7) is 2.63. The van der Waals surface area contributed by atoms with Gasteiger partial charge in [-0.3, -0.25) is 9.52 Å². The summed E-state index contributed by atoms with van der Waals surface area (Å²) in [7, 11) is -3.95. The van der Waals surface area contributed by atoms with Crippen LogP contribution in [0.1, 0.15) is 28.4 Å². The molecule has 40 heavy (non-hydrogen) atoms. The molecule has 4 rings (SSSR count). The summed E-state index contributed by atoms with van der Waals surface area (Å²) in [5.41, 5.74) is 4.24. The summed E-state index contributed by atoms with van der Waals surface area (Å²) in [5.74, 6) is 0.479. The summed E-state index contributed by atoms with van der Waals surface area (Å²) in [5, 5.41) is 5.09. The number of nitrogens with zero attached hydrogens (tertiary/aromatic N) is 1. The van der Waals surface area contributed by atoms with Gasteiger partial charge in [0.1, 0.15) is 6.61 Å². The highest BCUT2D eigenvalue weighted by Crippen LogP contribution is 2.29. The van der Waals surface area contributed by atoms with E-state index in [4.69, 9.17) is 32.7 Å². The highest BCUT2D eigenvalue weighted by molar-refractivity contribution is 7.92. The Morgan fingerprint density at radius 3 is 2.25 bits per heavy atom. The van der Waals surface area contributed by atoms with Crippen LogP contribution in [0.3, 0.4) is 0 Å². The zero-order valence-electron chi connectivity index (χ0n) is 21.3. The summed E-state index contributed by atoms with van der Waals surface area (Å²) in [4.78, 5) is 12.9. The van der Waals surface area contributed by atoms with Gasteiger partial charge in [-0.15, -0.1) is 0 Å². The predicted molar refractivity (Wildman–Crippen MR) is 157 cm³/mol. The minimum absolute atomic E-state index is 0.0100. The van der Waals surface area contributed by atoms with E-state index in [1.54, 1.807) is 42.5 Å². The smallest absolute Gasteiger partial charge is 0.273 e. The van der Waals surface area contributed by atoms with Crippen LogP contribution >= 0.6 is 23.2 Å². The van der Waals surface area contributed by atoms with Gasteiger partial charge in [-0.1, -0.05) is 47.5 Å². The monoisotopic (exact) mass is 597 g/mol. The Morgan fingerprint density at radius 2 is 1.55 bits per heavy atom. The Hall–Kier alpha value is -4.05. The van der Waals surface area contributed by atoms with Gasteiger partial charge in [0.2, 0.25) is 0 Å². The molecule has 11 heteroatoms. The van der Waals surface area contributed by atoms with Crippen LogP contribution in [0.15, 0.2) is 101 Å². The van der Waals surface area contributed by atoms with Crippen molar-refractivity contribution in [2.75, 3.05) is 11.3 Å². The van der Waals surface area contributed by atoms with Crippen molar-refractivity contribution >= 4 is 51.0 Å². The summed E-state index contributed by atoms with van der Waals surface area (Å²) >= 11 is 11.8. The third-order valence-electron chi connectivity index (χ3n) is 5.49. The van der Waals surface area contributed by atoms with E-state index in [9.17, 15) is 13.2 Å². The molecule has 0 fully saturated rings. The lowest BCUT2D eigenvalue weighted by molar-refractivity contribution is 0.0956. The lowest BCUT2D eigenvalue weighted by Crippen LogP contribution is -2.21. The molecule has 0 bridgehead atoms. The van der Waals surface area contributed by atoms with Crippen LogP contribution in [0.2, 0.25) is 10.0 Å². The number of nitrogens with one attached hydrogen (secondary N) is 2. The number of ether oxygens (including phenoxy) is 2. The fraction of sp³-hybridized carbons (Fsp3) is 0.103. The standard InChI is InChI=1S/C29H25Cl2N3O5S/c1-2-38-28-17-21(9-16-27(28)39-19-20-7-10-22(30)11-8-20)18-32-33-29(35)25-5-3-4-6-26(25)34-40(36,37)24-14-12-23(31)13-15-24/h3-18,34H,2,19H2,1H3,(H,33,35). The van der Waals surface area contributed by atoms with Crippen LogP contribution in [0.5, 0.6) is 11.5 Å². The van der Waals surface area contributed by atoms with Crippen molar-refractivity contribution in [3.8, 4) is 11.5 Å². The Kier molecular flexibility index (Phi) is 9.65. The van der Waals surface area contributed by atoms with Gasteiger partial charge in [0.15, 0.2) is 11.5 Å². The molecule has 0 saturated carbocycles. The van der Waals surface area contributed by atoms with E-state index in [0.717, 1.165) is 5.56 Å². The van der Waals surface area contributed by atoms with Gasteiger partial charge in [-0.2, -0.15) is 5.10 Å². The quantitative estimate of drug-likeness (QED) is 0.151. The highest BCUT2D eigenvalue weighted by Gasteiger charge is 2.18. The molecule has 0 aliphatic rings. The van der Waals surface area contributed by atoms with Crippen molar-refractivity contribution in [2.45, 2.75) is 18.4 Å². The van der Waals surface area contributed by atoms with E-state index in [0.29, 0.717) is 40.3 Å². The van der Waals surface area contributed by atoms with Crippen molar-refractivity contribution in [1.29, 1.82) is 0 Å². The summed E-state index contributed by atoms with van der Waals surface area (Å²) < 4.78 is 39.7. The lowest BCUT2D eigenvalue weighted by Gasteiger charge is -2.13. The maximum absolute atomic E-state index is 12.9. The van der Waals surface area contributed by atoms with Gasteiger partial charge in [0, 0.05) is 10.0 Å². The molecule has 0 aliphatic carbocycles. The topological polar surface area (TPSA) is 106 Å². The highest BCUT2D eigenvalue weighted by atomic mass is 35.5. The number of carbonyl (C=O) groups excluding carboxylic acids is 1. The van der Waals surface area contributed by atoms with E-state index >= 15 is 0 Å². The van der Waals surface area contributed by atoms with Gasteiger partial charge in [-0.25, -0.2) is 13.8 Å². The Bertz CT molecular complexity index is 1610. The Morgan fingerprint density at radius 1 is 0.875 bits per heavy atom. The molecule has 206 valence electrons. The van der Waals surface area contributed by atoms with Gasteiger partial charge < -0.3 is 9.47 Å². The summed E-state index contributed by atoms with van der Waals surface area (Å²) in [6.07, 6.45) is 1.45. The van der Waals surface area contributed by atoms with E-state index in [1.165, 1.54) is 42.6 Å². The number of halogens is 2. The van der Waals surface area contributed by atoms with Crippen LogP contribution in [0.25, 0.3) is 0 Å². The van der Waals surface area contributed by atoms with Crippen LogP contribution in [-0.2, 0) is 16.6 Å². The molecule has 0 spiro atoms. The second-order valence-corrected chi connectivity index (χ2v) is 10.9. The first-order valence-corrected chi connectivity index (χ1v) is 14.3. The number of hydrogen-bond acceptors (Lipinski definition) is 6. The van der Waals surface area contributed by atoms with Crippen molar-refractivity contribution in [3.05, 3.63) is 118 Å². The van der Waals surface area contributed by atoms with Crippen LogP contribution < -0.4 is 19.6 Å². The number of hydrogen-bond donors (Lipinski definition) is 2. The van der Waals surface area contributed by atoms with Crippen molar-refractivity contribution in [2.24, 2.45) is 5.10 Å². The van der Waals surface area contributed by atoms with Crippen molar-refractivity contribution in [1.82, 2.24) is 5.43 Å². The number of anilines is 1. The molecule has 2 N–H and O–H groups in total. The molecule has 4 aromatic rings. The number of hydrazone groups is 1. The number of benzene rings is 4. The zero-order valence-corrected chi connectivity index (χ0v) is 23.6. The molecular formula is C29H25Cl2N3O5S. The Balaban J connectivity index is 1.43. The fourth-order valence-electron chi connectivity index (χ4n) is 3.55. The second-order valence-electron chi connectivity index (χ2n) is 8.36. The predicted octanol–water partition coefficient (Wildman–Crippen LogP) is 6.54. The van der Waals surface area contributed by atoms with E-state index in [1.807, 2.05) is 19.1 Å². The zero-order chi connectivity index (χ0) is 28.5. The van der Waals surface area contributed by atoms with Gasteiger partial charge >= 0.3 is 0 Å². The fourth-order valence-corrected chi connectivity index (χ4v) is 4.88. The molecule has 0 aliphatic heterocycles. The second kappa shape index (κ2) is 13.3. The van der Waals surface area contributed by atoms with Gasteiger partial charge in [0.25, 0.3) is 15.9 Å². The molecule has 0 unspecified atom stereocenters. The molecule has 4 aromatic carbocycles. The van der Waals surface area contributed by atoms with E-state index in [2.05, 4.69) is 15.2 Å². The molecule has 0 saturated heterocycles. The number of amides is 1. The number of carbonyl (C=O) groups is 1. The van der Waals surface area contributed by atoms with Gasteiger partial charge in [-0.05, 0) is 84.8 Å². The van der Waals surface area contributed by atoms with Crippen molar-refractivity contribution in [3.63, 3.8) is 0 Å². The largest absolute Gasteiger partial charge is 0.490 e. The van der Waals surface area contributed by atoms with Crippen LogP contribution in [0, 0.1) is 0 Å². The summed E-state index contributed by atoms with van der Waals surface area (Å²) in [6, 6.07) is 24.5. The maximum atomic E-state index is 12.9. The van der Waals surface area contributed by atoms with E-state index in [-0.39, 0.29) is 16.1 Å². The molecule has 0 heterocycles. The first-order chi connectivity index (χ1) is 19.2. The average Bonchev–Trinajstić information content (AvgIpc) is 2.94. The third kappa shape index (κ3) is 7.75. The average molecular weight is 599 g/mol. The maximum Gasteiger partial charge on any atom is 0.273 e. The van der Waals surface area contributed by atoms with E-state index < -0.39 is 15.9 Å². The SMILES string of the molecule is CCOc1cc(C=NNC(=O)c2ccccc2NS(=O)(=O)c2ccc(Cl)cc2)ccc1OCc1ccc(Cl)cc1. The number of sulfonamides is 1. The molecule has 0 radical (unpaired) electrons. The molecule has 8 nitrogen and oxygen atoms in total. The number of para-hydroxylation sites is 1. The van der Waals surface area contributed by atoms with Gasteiger partial charge in [0.05, 0.1) is 29.0 Å². The minimum atomic E-state index is -3.95. The first kappa shape index (κ1) is 28.9. The number of rotatable bonds is 11. The van der Waals surface area contributed by atoms with Crippen LogP contribution in [0.4, 0.5) is 5.69 Å². The minimum Gasteiger partial charge on any atom is -0.490 e. The first-order valence-electron chi connectivity index (χ1n) is 12.1. The third-order valence-corrected chi connectivity index (χ3v) is 7.38. The van der Waals surface area contributed by atoms with Crippen molar-refractivity contribution < 1.29 is 22.7 Å².